The van der Waals surface area contributed by atoms with Crippen LogP contribution in [0.4, 0.5) is 10.1 Å². The summed E-state index contributed by atoms with van der Waals surface area (Å²) in [5, 5.41) is 2.72. The molecule has 0 spiro atoms. The third kappa shape index (κ3) is 3.17. The maximum atomic E-state index is 13.2. The molecular weight excluding hydrogens is 297 g/mol. The van der Waals surface area contributed by atoms with Gasteiger partial charge in [0.25, 0.3) is 5.91 Å². The number of rotatable bonds is 2. The molecule has 0 unspecified atom stereocenters. The topological polar surface area (TPSA) is 29.1 Å². The van der Waals surface area contributed by atoms with Crippen molar-refractivity contribution in [3.63, 3.8) is 0 Å². The van der Waals surface area contributed by atoms with Gasteiger partial charge in [0.2, 0.25) is 0 Å². The zero-order valence-corrected chi connectivity index (χ0v) is 11.3. The van der Waals surface area contributed by atoms with Gasteiger partial charge in [0.05, 0.1) is 0 Å². The van der Waals surface area contributed by atoms with Crippen molar-refractivity contribution in [1.29, 1.82) is 0 Å². The molecule has 0 fully saturated rings. The molecule has 1 N–H and O–H groups in total. The minimum Gasteiger partial charge on any atom is -0.322 e. The molecule has 2 nitrogen and oxygen atoms in total. The van der Waals surface area contributed by atoms with Crippen LogP contribution < -0.4 is 5.32 Å². The van der Waals surface area contributed by atoms with Crippen molar-refractivity contribution in [3.8, 4) is 0 Å². The Kier molecular flexibility index (Phi) is 3.77. The van der Waals surface area contributed by atoms with Crippen LogP contribution in [-0.4, -0.2) is 5.91 Å². The summed E-state index contributed by atoms with van der Waals surface area (Å²) >= 11 is 3.32. The quantitative estimate of drug-likeness (QED) is 0.887. The monoisotopic (exact) mass is 307 g/mol. The van der Waals surface area contributed by atoms with E-state index in [1.54, 1.807) is 25.1 Å². The Morgan fingerprint density at radius 1 is 1.22 bits per heavy atom. The predicted octanol–water partition coefficient (Wildman–Crippen LogP) is 4.15. The Bertz CT molecular complexity index is 578. The molecule has 18 heavy (non-hydrogen) atoms. The number of hydrogen-bond acceptors (Lipinski definition) is 1. The molecule has 2 rings (SSSR count). The molecule has 0 bridgehead atoms. The first-order valence-corrected chi connectivity index (χ1v) is 6.18. The van der Waals surface area contributed by atoms with E-state index in [0.717, 1.165) is 10.0 Å². The highest BCUT2D eigenvalue weighted by Gasteiger charge is 2.08. The molecule has 2 aromatic carbocycles. The largest absolute Gasteiger partial charge is 0.322 e. The van der Waals surface area contributed by atoms with E-state index >= 15 is 0 Å². The number of carbonyl (C=O) groups is 1. The van der Waals surface area contributed by atoms with Crippen molar-refractivity contribution in [3.05, 3.63) is 63.9 Å². The number of aryl methyl sites for hydroxylation is 1. The van der Waals surface area contributed by atoms with Gasteiger partial charge in [-0.15, -0.1) is 0 Å². The van der Waals surface area contributed by atoms with Gasteiger partial charge >= 0.3 is 0 Å². The smallest absolute Gasteiger partial charge is 0.255 e. The third-order valence-electron chi connectivity index (χ3n) is 2.39. The molecule has 4 heteroatoms. The first kappa shape index (κ1) is 12.8. The Morgan fingerprint density at radius 3 is 2.67 bits per heavy atom. The lowest BCUT2D eigenvalue weighted by Crippen LogP contribution is -2.12. The van der Waals surface area contributed by atoms with Crippen LogP contribution in [0.5, 0.6) is 0 Å². The van der Waals surface area contributed by atoms with Crippen LogP contribution in [0.3, 0.4) is 0 Å². The molecule has 2 aromatic rings. The SMILES string of the molecule is Cc1cc(F)cc(C(=O)Nc2cccc(Br)c2)c1. The molecule has 0 radical (unpaired) electrons. The van der Waals surface area contributed by atoms with Gasteiger partial charge in [0.15, 0.2) is 0 Å². The molecule has 0 aromatic heterocycles. The standard InChI is InChI=1S/C14H11BrFNO/c1-9-5-10(7-12(16)6-9)14(18)17-13-4-2-3-11(15)8-13/h2-8H,1H3,(H,17,18). The Labute approximate surface area is 113 Å². The number of halogens is 2. The van der Waals surface area contributed by atoms with Crippen molar-refractivity contribution in [1.82, 2.24) is 0 Å². The predicted molar refractivity (Wildman–Crippen MR) is 73.2 cm³/mol. The van der Waals surface area contributed by atoms with Crippen molar-refractivity contribution in [2.24, 2.45) is 0 Å². The highest BCUT2D eigenvalue weighted by molar-refractivity contribution is 9.10. The summed E-state index contributed by atoms with van der Waals surface area (Å²) < 4.78 is 14.1. The van der Waals surface area contributed by atoms with Gasteiger partial charge in [-0.05, 0) is 48.9 Å². The van der Waals surface area contributed by atoms with Crippen molar-refractivity contribution in [2.75, 3.05) is 5.32 Å². The normalized spacial score (nSPS) is 10.2. The summed E-state index contributed by atoms with van der Waals surface area (Å²) in [7, 11) is 0. The lowest BCUT2D eigenvalue weighted by molar-refractivity contribution is 0.102. The molecule has 0 heterocycles. The fourth-order valence-electron chi connectivity index (χ4n) is 1.64. The maximum absolute atomic E-state index is 13.2. The van der Waals surface area contributed by atoms with Gasteiger partial charge in [0.1, 0.15) is 5.82 Å². The fraction of sp³-hybridized carbons (Fsp3) is 0.0714. The second-order valence-electron chi connectivity index (χ2n) is 3.98. The summed E-state index contributed by atoms with van der Waals surface area (Å²) in [6.45, 7) is 1.75. The van der Waals surface area contributed by atoms with E-state index < -0.39 is 5.82 Å². The summed E-state index contributed by atoms with van der Waals surface area (Å²) in [5.41, 5.74) is 1.69. The van der Waals surface area contributed by atoms with Crippen LogP contribution in [0.2, 0.25) is 0 Å². The first-order valence-electron chi connectivity index (χ1n) is 5.39. The molecule has 0 aliphatic carbocycles. The van der Waals surface area contributed by atoms with E-state index in [0.29, 0.717) is 11.3 Å². The lowest BCUT2D eigenvalue weighted by atomic mass is 10.1. The first-order chi connectivity index (χ1) is 8.54. The van der Waals surface area contributed by atoms with Gasteiger partial charge in [0, 0.05) is 15.7 Å². The minimum atomic E-state index is -0.408. The van der Waals surface area contributed by atoms with Crippen LogP contribution in [0.15, 0.2) is 46.9 Å². The molecule has 92 valence electrons. The average Bonchev–Trinajstić information content (AvgIpc) is 2.27. The van der Waals surface area contributed by atoms with E-state index in [1.165, 1.54) is 12.1 Å². The summed E-state index contributed by atoms with van der Waals surface area (Å²) in [6.07, 6.45) is 0. The van der Waals surface area contributed by atoms with Gasteiger partial charge in [-0.1, -0.05) is 22.0 Å². The number of amides is 1. The van der Waals surface area contributed by atoms with Crippen LogP contribution in [-0.2, 0) is 0 Å². The minimum absolute atomic E-state index is 0.312. The number of benzene rings is 2. The summed E-state index contributed by atoms with van der Waals surface area (Å²) in [6, 6.07) is 11.5. The second-order valence-corrected chi connectivity index (χ2v) is 4.90. The van der Waals surface area contributed by atoms with Crippen LogP contribution >= 0.6 is 15.9 Å². The van der Waals surface area contributed by atoms with Gasteiger partial charge in [-0.3, -0.25) is 4.79 Å². The zero-order valence-electron chi connectivity index (χ0n) is 9.71. The Morgan fingerprint density at radius 2 is 2.00 bits per heavy atom. The van der Waals surface area contributed by atoms with Crippen LogP contribution in [0, 0.1) is 12.7 Å². The van der Waals surface area contributed by atoms with Gasteiger partial charge in [-0.25, -0.2) is 4.39 Å². The molecular formula is C14H11BrFNO. The van der Waals surface area contributed by atoms with Crippen molar-refractivity contribution >= 4 is 27.5 Å². The van der Waals surface area contributed by atoms with E-state index in [-0.39, 0.29) is 5.91 Å². The zero-order chi connectivity index (χ0) is 13.1. The number of anilines is 1. The van der Waals surface area contributed by atoms with E-state index in [9.17, 15) is 9.18 Å². The van der Waals surface area contributed by atoms with Gasteiger partial charge in [-0.2, -0.15) is 0 Å². The van der Waals surface area contributed by atoms with E-state index in [1.807, 2.05) is 12.1 Å². The highest BCUT2D eigenvalue weighted by Crippen LogP contribution is 2.17. The molecule has 0 aliphatic heterocycles. The fourth-order valence-corrected chi connectivity index (χ4v) is 2.04. The third-order valence-corrected chi connectivity index (χ3v) is 2.88. The molecule has 1 amide bonds. The van der Waals surface area contributed by atoms with Crippen LogP contribution in [0.1, 0.15) is 15.9 Å². The van der Waals surface area contributed by atoms with Crippen LogP contribution in [0.25, 0.3) is 0 Å². The number of hydrogen-bond donors (Lipinski definition) is 1. The molecule has 0 atom stereocenters. The molecule has 0 aliphatic rings. The van der Waals surface area contributed by atoms with Crippen molar-refractivity contribution in [2.45, 2.75) is 6.92 Å². The van der Waals surface area contributed by atoms with E-state index in [2.05, 4.69) is 21.2 Å². The van der Waals surface area contributed by atoms with E-state index in [4.69, 9.17) is 0 Å². The second kappa shape index (κ2) is 5.31. The average molecular weight is 308 g/mol. The summed E-state index contributed by atoms with van der Waals surface area (Å²) in [4.78, 5) is 11.9. The highest BCUT2D eigenvalue weighted by atomic mass is 79.9. The summed E-state index contributed by atoms with van der Waals surface area (Å²) in [5.74, 6) is -0.731. The number of nitrogens with one attached hydrogen (secondary N) is 1. The van der Waals surface area contributed by atoms with Crippen molar-refractivity contribution < 1.29 is 9.18 Å². The lowest BCUT2D eigenvalue weighted by Gasteiger charge is -2.06. The number of carbonyl (C=O) groups excluding carboxylic acids is 1. The Balaban J connectivity index is 2.22. The Hall–Kier alpha value is -1.68. The van der Waals surface area contributed by atoms with Gasteiger partial charge < -0.3 is 5.32 Å². The molecule has 0 saturated carbocycles. The molecule has 0 saturated heterocycles. The maximum Gasteiger partial charge on any atom is 0.255 e.